The fraction of sp³-hybridized carbons (Fsp3) is 0.412. The maximum Gasteiger partial charge on any atom is 0.0441 e. The maximum atomic E-state index is 6.37. The van der Waals surface area contributed by atoms with Gasteiger partial charge in [0.05, 0.1) is 0 Å². The zero-order valence-electron chi connectivity index (χ0n) is 12.2. The predicted octanol–water partition coefficient (Wildman–Crippen LogP) is 4.90. The lowest BCUT2D eigenvalue weighted by Crippen LogP contribution is -2.22. The first-order chi connectivity index (χ1) is 9.74. The molecule has 1 aromatic heterocycles. The van der Waals surface area contributed by atoms with Crippen LogP contribution in [-0.2, 0) is 12.8 Å². The summed E-state index contributed by atoms with van der Waals surface area (Å²) in [6, 6.07) is 12.7. The van der Waals surface area contributed by atoms with E-state index in [2.05, 4.69) is 43.4 Å². The summed E-state index contributed by atoms with van der Waals surface area (Å²) in [4.78, 5) is 2.91. The number of hydrogen-bond acceptors (Lipinski definition) is 2. The first kappa shape index (κ1) is 15.6. The molecule has 0 aliphatic heterocycles. The van der Waals surface area contributed by atoms with Crippen molar-refractivity contribution in [1.29, 1.82) is 0 Å². The Labute approximate surface area is 131 Å². The molecule has 1 N–H and O–H groups in total. The number of nitrogens with one attached hydrogen (secondary N) is 1. The topological polar surface area (TPSA) is 12.0 Å². The van der Waals surface area contributed by atoms with Crippen molar-refractivity contribution in [1.82, 2.24) is 5.32 Å². The third kappa shape index (κ3) is 4.08. The van der Waals surface area contributed by atoms with Crippen LogP contribution in [0.5, 0.6) is 0 Å². The van der Waals surface area contributed by atoms with Gasteiger partial charge in [-0.15, -0.1) is 11.3 Å². The summed E-state index contributed by atoms with van der Waals surface area (Å²) in [5.41, 5.74) is 1.25. The van der Waals surface area contributed by atoms with Gasteiger partial charge in [-0.25, -0.2) is 0 Å². The molecule has 1 unspecified atom stereocenters. The van der Waals surface area contributed by atoms with Gasteiger partial charge in [0.2, 0.25) is 0 Å². The number of benzene rings is 1. The largest absolute Gasteiger partial charge is 0.316 e. The highest BCUT2D eigenvalue weighted by Crippen LogP contribution is 2.29. The average molecular weight is 308 g/mol. The van der Waals surface area contributed by atoms with E-state index in [9.17, 15) is 0 Å². The third-order valence-electron chi connectivity index (χ3n) is 3.50. The molecule has 1 aromatic carbocycles. The molecule has 0 aliphatic carbocycles. The minimum absolute atomic E-state index is 0.437. The van der Waals surface area contributed by atoms with Gasteiger partial charge in [-0.05, 0) is 43.1 Å². The number of thiophene rings is 1. The molecule has 0 radical (unpaired) electrons. The second-order valence-electron chi connectivity index (χ2n) is 4.95. The Hall–Kier alpha value is -0.830. The van der Waals surface area contributed by atoms with E-state index in [1.165, 1.54) is 15.3 Å². The van der Waals surface area contributed by atoms with E-state index in [0.717, 1.165) is 31.0 Å². The summed E-state index contributed by atoms with van der Waals surface area (Å²) in [6.07, 6.45) is 2.18. The van der Waals surface area contributed by atoms with Gasteiger partial charge >= 0.3 is 0 Å². The van der Waals surface area contributed by atoms with Crippen LogP contribution in [0.1, 0.15) is 35.1 Å². The van der Waals surface area contributed by atoms with Gasteiger partial charge in [0.1, 0.15) is 0 Å². The highest BCUT2D eigenvalue weighted by Gasteiger charge is 2.15. The van der Waals surface area contributed by atoms with Gasteiger partial charge in [-0.3, -0.25) is 0 Å². The molecule has 1 nitrogen and oxygen atoms in total. The molecule has 0 saturated heterocycles. The highest BCUT2D eigenvalue weighted by molar-refractivity contribution is 7.11. The summed E-state index contributed by atoms with van der Waals surface area (Å²) < 4.78 is 0. The zero-order chi connectivity index (χ0) is 14.4. The van der Waals surface area contributed by atoms with E-state index in [1.807, 2.05) is 23.5 Å². The molecule has 0 amide bonds. The molecular formula is C17H22ClNS. The summed E-state index contributed by atoms with van der Waals surface area (Å²) in [5.74, 6) is 0.437. The maximum absolute atomic E-state index is 6.37. The van der Waals surface area contributed by atoms with Crippen LogP contribution < -0.4 is 5.32 Å². The van der Waals surface area contributed by atoms with Crippen LogP contribution in [-0.4, -0.2) is 13.1 Å². The second-order valence-corrected chi connectivity index (χ2v) is 6.61. The van der Waals surface area contributed by atoms with E-state index in [4.69, 9.17) is 11.6 Å². The molecule has 20 heavy (non-hydrogen) atoms. The Bertz CT molecular complexity index is 535. The van der Waals surface area contributed by atoms with Gasteiger partial charge in [0.15, 0.2) is 0 Å². The van der Waals surface area contributed by atoms with Crippen molar-refractivity contribution < 1.29 is 0 Å². The Balaban J connectivity index is 2.17. The molecule has 0 spiro atoms. The van der Waals surface area contributed by atoms with Crippen LogP contribution in [0.15, 0.2) is 36.4 Å². The fourth-order valence-corrected chi connectivity index (χ4v) is 3.71. The van der Waals surface area contributed by atoms with Crippen LogP contribution in [0, 0.1) is 0 Å². The van der Waals surface area contributed by atoms with Crippen LogP contribution in [0.3, 0.4) is 0 Å². The van der Waals surface area contributed by atoms with Gasteiger partial charge in [0, 0.05) is 27.2 Å². The molecule has 3 heteroatoms. The number of hydrogen-bond donors (Lipinski definition) is 1. The van der Waals surface area contributed by atoms with Crippen molar-refractivity contribution in [3.63, 3.8) is 0 Å². The summed E-state index contributed by atoms with van der Waals surface area (Å²) in [7, 11) is 0. The fourth-order valence-electron chi connectivity index (χ4n) is 2.38. The van der Waals surface area contributed by atoms with Crippen LogP contribution >= 0.6 is 22.9 Å². The van der Waals surface area contributed by atoms with Crippen molar-refractivity contribution in [3.8, 4) is 0 Å². The van der Waals surface area contributed by atoms with E-state index in [-0.39, 0.29) is 0 Å². The SMILES string of the molecule is CCNCC(Cc1ccc(CC)s1)c1ccccc1Cl. The van der Waals surface area contributed by atoms with Crippen LogP contribution in [0.25, 0.3) is 0 Å². The molecule has 108 valence electrons. The van der Waals surface area contributed by atoms with Gasteiger partial charge in [-0.2, -0.15) is 0 Å². The normalized spacial score (nSPS) is 12.6. The van der Waals surface area contributed by atoms with Crippen LogP contribution in [0.2, 0.25) is 5.02 Å². The Morgan fingerprint density at radius 1 is 1.10 bits per heavy atom. The molecule has 0 aliphatic rings. The molecule has 0 saturated carbocycles. The summed E-state index contributed by atoms with van der Waals surface area (Å²) in [5, 5.41) is 4.34. The molecule has 1 heterocycles. The molecule has 0 bridgehead atoms. The quantitative estimate of drug-likeness (QED) is 0.767. The van der Waals surface area contributed by atoms with Crippen molar-refractivity contribution in [2.45, 2.75) is 32.6 Å². The molecule has 2 aromatic rings. The minimum atomic E-state index is 0.437. The lowest BCUT2D eigenvalue weighted by molar-refractivity contribution is 0.598. The van der Waals surface area contributed by atoms with Gasteiger partial charge in [0.25, 0.3) is 0 Å². The van der Waals surface area contributed by atoms with Crippen molar-refractivity contribution in [2.24, 2.45) is 0 Å². The molecule has 2 rings (SSSR count). The second kappa shape index (κ2) is 7.82. The molecule has 0 fully saturated rings. The van der Waals surface area contributed by atoms with E-state index < -0.39 is 0 Å². The lowest BCUT2D eigenvalue weighted by Gasteiger charge is -2.18. The summed E-state index contributed by atoms with van der Waals surface area (Å²) >= 11 is 8.30. The summed E-state index contributed by atoms with van der Waals surface area (Å²) in [6.45, 7) is 6.31. The van der Waals surface area contributed by atoms with E-state index in [1.54, 1.807) is 0 Å². The van der Waals surface area contributed by atoms with E-state index in [0.29, 0.717) is 5.92 Å². The minimum Gasteiger partial charge on any atom is -0.316 e. The monoisotopic (exact) mass is 307 g/mol. The zero-order valence-corrected chi connectivity index (χ0v) is 13.7. The van der Waals surface area contributed by atoms with E-state index >= 15 is 0 Å². The molecule has 1 atom stereocenters. The van der Waals surface area contributed by atoms with Crippen molar-refractivity contribution in [2.75, 3.05) is 13.1 Å². The first-order valence-corrected chi connectivity index (χ1v) is 8.46. The number of aryl methyl sites for hydroxylation is 1. The lowest BCUT2D eigenvalue weighted by atomic mass is 9.95. The smallest absolute Gasteiger partial charge is 0.0441 e. The Kier molecular flexibility index (Phi) is 6.08. The van der Waals surface area contributed by atoms with Crippen molar-refractivity contribution in [3.05, 3.63) is 56.7 Å². The van der Waals surface area contributed by atoms with Gasteiger partial charge in [-0.1, -0.05) is 43.6 Å². The first-order valence-electron chi connectivity index (χ1n) is 7.27. The average Bonchev–Trinajstić information content (AvgIpc) is 2.92. The Morgan fingerprint density at radius 2 is 1.85 bits per heavy atom. The number of rotatable bonds is 7. The predicted molar refractivity (Wildman–Crippen MR) is 90.1 cm³/mol. The van der Waals surface area contributed by atoms with Crippen molar-refractivity contribution >= 4 is 22.9 Å². The number of likely N-dealkylation sites (N-methyl/N-ethyl adjacent to an activating group) is 1. The third-order valence-corrected chi connectivity index (χ3v) is 5.10. The van der Waals surface area contributed by atoms with Crippen LogP contribution in [0.4, 0.5) is 0 Å². The standard InChI is InChI=1S/C17H22ClNS/c1-3-14-9-10-15(20-14)11-13(12-19-4-2)16-7-5-6-8-17(16)18/h5-10,13,19H,3-4,11-12H2,1-2H3. The molecular weight excluding hydrogens is 286 g/mol. The number of halogens is 1. The van der Waals surface area contributed by atoms with Gasteiger partial charge < -0.3 is 5.32 Å². The Morgan fingerprint density at radius 3 is 2.50 bits per heavy atom. The highest BCUT2D eigenvalue weighted by atomic mass is 35.5.